The molecule has 2 N–H and O–H groups in total. The first-order valence-electron chi connectivity index (χ1n) is 9.26. The lowest BCUT2D eigenvalue weighted by Gasteiger charge is -2.13. The molecule has 0 saturated carbocycles. The first-order chi connectivity index (χ1) is 15.6. The molecule has 2 aromatic carbocycles. The van der Waals surface area contributed by atoms with Crippen LogP contribution >= 0.6 is 0 Å². The van der Waals surface area contributed by atoms with E-state index in [2.05, 4.69) is 25.5 Å². The summed E-state index contributed by atoms with van der Waals surface area (Å²) < 4.78 is 83.1. The van der Waals surface area contributed by atoms with Gasteiger partial charge in [-0.15, -0.1) is 10.2 Å². The summed E-state index contributed by atoms with van der Waals surface area (Å²) in [6.45, 7) is 0. The zero-order chi connectivity index (χ0) is 23.6. The Bertz CT molecular complexity index is 1250. The van der Waals surface area contributed by atoms with Gasteiger partial charge in [-0.1, -0.05) is 6.07 Å². The maximum absolute atomic E-state index is 13.1. The molecule has 4 rings (SSSR count). The Morgan fingerprint density at radius 3 is 2.30 bits per heavy atom. The Morgan fingerprint density at radius 2 is 1.61 bits per heavy atom. The van der Waals surface area contributed by atoms with Crippen LogP contribution in [0, 0.1) is 0 Å². The van der Waals surface area contributed by atoms with Crippen molar-refractivity contribution in [3.8, 4) is 22.9 Å². The molecule has 0 bridgehead atoms. The Kier molecular flexibility index (Phi) is 5.66. The number of H-pyrrole nitrogens is 1. The van der Waals surface area contributed by atoms with E-state index in [-0.39, 0.29) is 23.2 Å². The first kappa shape index (κ1) is 22.1. The third-order valence-corrected chi connectivity index (χ3v) is 4.38. The summed E-state index contributed by atoms with van der Waals surface area (Å²) in [6.07, 6.45) is -7.23. The molecule has 33 heavy (non-hydrogen) atoms. The van der Waals surface area contributed by atoms with Gasteiger partial charge in [0.05, 0.1) is 5.56 Å². The minimum Gasteiger partial charge on any atom is -0.457 e. The lowest BCUT2D eigenvalue weighted by atomic mass is 10.2. The number of rotatable bonds is 5. The SMILES string of the molecule is FC(F)(F)c1cccc(Nc2nnc(-c3ccc(Oc4ccncc4C(F)(F)F)cc3)[nH]2)c1. The van der Waals surface area contributed by atoms with Crippen LogP contribution < -0.4 is 10.1 Å². The highest BCUT2D eigenvalue weighted by molar-refractivity contribution is 5.60. The summed E-state index contributed by atoms with van der Waals surface area (Å²) in [5, 5.41) is 10.5. The van der Waals surface area contributed by atoms with E-state index in [1.54, 1.807) is 12.1 Å². The fourth-order valence-electron chi connectivity index (χ4n) is 2.85. The van der Waals surface area contributed by atoms with Gasteiger partial charge in [0.1, 0.15) is 17.1 Å². The number of hydrogen-bond donors (Lipinski definition) is 2. The van der Waals surface area contributed by atoms with Gasteiger partial charge in [0.2, 0.25) is 5.95 Å². The summed E-state index contributed by atoms with van der Waals surface area (Å²) in [7, 11) is 0. The smallest absolute Gasteiger partial charge is 0.421 e. The van der Waals surface area contributed by atoms with Crippen molar-refractivity contribution in [2.45, 2.75) is 12.4 Å². The molecule has 0 radical (unpaired) electrons. The highest BCUT2D eigenvalue weighted by Crippen LogP contribution is 2.37. The van der Waals surface area contributed by atoms with Crippen molar-refractivity contribution in [2.24, 2.45) is 0 Å². The van der Waals surface area contributed by atoms with E-state index in [9.17, 15) is 26.3 Å². The highest BCUT2D eigenvalue weighted by atomic mass is 19.4. The van der Waals surface area contributed by atoms with Gasteiger partial charge >= 0.3 is 12.4 Å². The van der Waals surface area contributed by atoms with E-state index in [4.69, 9.17) is 4.74 Å². The van der Waals surface area contributed by atoms with Crippen LogP contribution in [0.4, 0.5) is 38.0 Å². The summed E-state index contributed by atoms with van der Waals surface area (Å²) in [5.41, 5.74) is -1.13. The van der Waals surface area contributed by atoms with Crippen LogP contribution in [-0.2, 0) is 12.4 Å². The molecule has 12 heteroatoms. The van der Waals surface area contributed by atoms with Crippen LogP contribution in [0.1, 0.15) is 11.1 Å². The van der Waals surface area contributed by atoms with Crippen molar-refractivity contribution in [3.63, 3.8) is 0 Å². The molecular formula is C21H13F6N5O. The van der Waals surface area contributed by atoms with Crippen LogP contribution in [0.2, 0.25) is 0 Å². The monoisotopic (exact) mass is 465 g/mol. The fraction of sp³-hybridized carbons (Fsp3) is 0.0952. The molecule has 2 aromatic heterocycles. The molecule has 0 atom stereocenters. The number of nitrogens with zero attached hydrogens (tertiary/aromatic N) is 3. The molecule has 6 nitrogen and oxygen atoms in total. The number of aromatic nitrogens is 4. The van der Waals surface area contributed by atoms with Gasteiger partial charge in [-0.3, -0.25) is 4.98 Å². The number of pyridine rings is 1. The van der Waals surface area contributed by atoms with Crippen LogP contribution in [0.5, 0.6) is 11.5 Å². The number of anilines is 2. The topological polar surface area (TPSA) is 75.7 Å². The van der Waals surface area contributed by atoms with Gasteiger partial charge in [-0.05, 0) is 48.5 Å². The minimum atomic E-state index is -4.62. The standard InChI is InChI=1S/C21H13F6N5O/c22-20(23,24)13-2-1-3-14(10-13)29-19-30-18(31-32-19)12-4-6-15(7-5-12)33-17-8-9-28-11-16(17)21(25,26)27/h1-11H,(H2,29,30,31,32). The van der Waals surface area contributed by atoms with Crippen molar-refractivity contribution in [2.75, 3.05) is 5.32 Å². The van der Waals surface area contributed by atoms with Gasteiger partial charge in [0.15, 0.2) is 5.82 Å². The van der Waals surface area contributed by atoms with Crippen LogP contribution in [-0.4, -0.2) is 20.2 Å². The average Bonchev–Trinajstić information content (AvgIpc) is 3.22. The van der Waals surface area contributed by atoms with E-state index >= 15 is 0 Å². The highest BCUT2D eigenvalue weighted by Gasteiger charge is 2.35. The zero-order valence-electron chi connectivity index (χ0n) is 16.4. The van der Waals surface area contributed by atoms with Gasteiger partial charge < -0.3 is 15.0 Å². The molecule has 0 fully saturated rings. The maximum Gasteiger partial charge on any atom is 0.421 e. The molecule has 170 valence electrons. The quantitative estimate of drug-likeness (QED) is 0.332. The normalized spacial score (nSPS) is 11.9. The van der Waals surface area contributed by atoms with E-state index in [1.807, 2.05) is 0 Å². The Hall–Kier alpha value is -4.09. The summed E-state index contributed by atoms with van der Waals surface area (Å²) in [4.78, 5) is 6.30. The van der Waals surface area contributed by atoms with Gasteiger partial charge in [0, 0.05) is 23.6 Å². The van der Waals surface area contributed by atoms with Gasteiger partial charge in [0.25, 0.3) is 0 Å². The lowest BCUT2D eigenvalue weighted by Crippen LogP contribution is -2.07. The third kappa shape index (κ3) is 5.22. The van der Waals surface area contributed by atoms with E-state index in [0.717, 1.165) is 18.2 Å². The summed E-state index contributed by atoms with van der Waals surface area (Å²) in [5.74, 6) is 0.155. The fourth-order valence-corrected chi connectivity index (χ4v) is 2.85. The average molecular weight is 465 g/mol. The Labute approximate surface area is 182 Å². The second kappa shape index (κ2) is 8.45. The van der Waals surface area contributed by atoms with Crippen molar-refractivity contribution in [1.82, 2.24) is 20.2 Å². The van der Waals surface area contributed by atoms with Crippen molar-refractivity contribution in [3.05, 3.63) is 78.1 Å². The van der Waals surface area contributed by atoms with Gasteiger partial charge in [-0.25, -0.2) is 0 Å². The molecule has 0 aliphatic carbocycles. The molecule has 2 heterocycles. The van der Waals surface area contributed by atoms with Crippen molar-refractivity contribution < 1.29 is 31.1 Å². The van der Waals surface area contributed by atoms with Gasteiger partial charge in [-0.2, -0.15) is 26.3 Å². The third-order valence-electron chi connectivity index (χ3n) is 4.38. The molecule has 4 aromatic rings. The zero-order valence-corrected chi connectivity index (χ0v) is 16.4. The van der Waals surface area contributed by atoms with Crippen molar-refractivity contribution in [1.29, 1.82) is 0 Å². The molecule has 0 amide bonds. The van der Waals surface area contributed by atoms with Crippen LogP contribution in [0.15, 0.2) is 67.0 Å². The number of hydrogen-bond acceptors (Lipinski definition) is 5. The lowest BCUT2D eigenvalue weighted by molar-refractivity contribution is -0.139. The second-order valence-electron chi connectivity index (χ2n) is 6.72. The number of aromatic amines is 1. The van der Waals surface area contributed by atoms with Crippen LogP contribution in [0.25, 0.3) is 11.4 Å². The van der Waals surface area contributed by atoms with E-state index in [1.165, 1.54) is 30.5 Å². The second-order valence-corrected chi connectivity index (χ2v) is 6.72. The molecule has 0 unspecified atom stereocenters. The van der Waals surface area contributed by atoms with Crippen molar-refractivity contribution >= 4 is 11.6 Å². The Morgan fingerprint density at radius 1 is 0.848 bits per heavy atom. The molecular weight excluding hydrogens is 452 g/mol. The summed E-state index contributed by atoms with van der Waals surface area (Å²) in [6, 6.07) is 11.7. The summed E-state index contributed by atoms with van der Waals surface area (Å²) >= 11 is 0. The largest absolute Gasteiger partial charge is 0.457 e. The number of benzene rings is 2. The molecule has 0 aliphatic rings. The predicted octanol–water partition coefficient (Wildman–Crippen LogP) is 6.44. The predicted molar refractivity (Wildman–Crippen MR) is 106 cm³/mol. The Balaban J connectivity index is 1.48. The van der Waals surface area contributed by atoms with E-state index in [0.29, 0.717) is 11.8 Å². The molecule has 0 saturated heterocycles. The van der Waals surface area contributed by atoms with Crippen LogP contribution in [0.3, 0.4) is 0 Å². The number of nitrogens with one attached hydrogen (secondary N) is 2. The minimum absolute atomic E-state index is 0.108. The number of ether oxygens (including phenoxy) is 1. The molecule has 0 aliphatic heterocycles. The maximum atomic E-state index is 13.1. The number of halogens is 6. The van der Waals surface area contributed by atoms with E-state index < -0.39 is 29.2 Å². The number of alkyl halides is 6. The first-order valence-corrected chi connectivity index (χ1v) is 9.26. The molecule has 0 spiro atoms.